The lowest BCUT2D eigenvalue weighted by Crippen LogP contribution is -2.39. The monoisotopic (exact) mass is 275 g/mol. The highest BCUT2D eigenvalue weighted by atomic mass is 16.2. The van der Waals surface area contributed by atoms with Crippen LogP contribution < -0.4 is 16.0 Å². The molecule has 1 saturated carbocycles. The van der Waals surface area contributed by atoms with Crippen LogP contribution in [0.4, 0.5) is 10.5 Å². The van der Waals surface area contributed by atoms with Gasteiger partial charge in [-0.3, -0.25) is 4.79 Å². The molecular weight excluding hydrogens is 254 g/mol. The molecule has 5 nitrogen and oxygen atoms in total. The summed E-state index contributed by atoms with van der Waals surface area (Å²) in [5.74, 6) is -0.136. The van der Waals surface area contributed by atoms with Gasteiger partial charge in [0.2, 0.25) is 0 Å². The van der Waals surface area contributed by atoms with Crippen molar-refractivity contribution in [3.63, 3.8) is 0 Å². The molecular formula is C15H21N3O2. The van der Waals surface area contributed by atoms with E-state index in [1.807, 2.05) is 0 Å². The molecule has 1 fully saturated rings. The van der Waals surface area contributed by atoms with Crippen LogP contribution in [0, 0.1) is 0 Å². The molecule has 0 aromatic heterocycles. The van der Waals surface area contributed by atoms with Crippen molar-refractivity contribution in [2.45, 2.75) is 38.1 Å². The zero-order chi connectivity index (χ0) is 14.4. The first-order valence-electron chi connectivity index (χ1n) is 7.08. The third kappa shape index (κ3) is 3.98. The molecule has 3 N–H and O–H groups in total. The Balaban J connectivity index is 1.85. The molecule has 0 radical (unpaired) electrons. The largest absolute Gasteiger partial charge is 0.355 e. The van der Waals surface area contributed by atoms with Crippen molar-refractivity contribution in [3.8, 4) is 0 Å². The van der Waals surface area contributed by atoms with Crippen LogP contribution >= 0.6 is 0 Å². The first-order chi connectivity index (χ1) is 9.69. The van der Waals surface area contributed by atoms with E-state index in [0.717, 1.165) is 12.8 Å². The zero-order valence-corrected chi connectivity index (χ0v) is 11.7. The van der Waals surface area contributed by atoms with Gasteiger partial charge < -0.3 is 16.0 Å². The highest BCUT2D eigenvalue weighted by Crippen LogP contribution is 2.17. The maximum atomic E-state index is 11.9. The van der Waals surface area contributed by atoms with Crippen molar-refractivity contribution in [2.75, 3.05) is 12.4 Å². The summed E-state index contributed by atoms with van der Waals surface area (Å²) in [7, 11) is 1.59. The summed E-state index contributed by atoms with van der Waals surface area (Å²) >= 11 is 0. The number of nitrogens with one attached hydrogen (secondary N) is 3. The lowest BCUT2D eigenvalue weighted by molar-refractivity contribution is 0.0963. The van der Waals surface area contributed by atoms with Gasteiger partial charge in [0.25, 0.3) is 5.91 Å². The van der Waals surface area contributed by atoms with Crippen molar-refractivity contribution in [1.82, 2.24) is 10.6 Å². The second-order valence-electron chi connectivity index (χ2n) is 5.09. The molecule has 20 heavy (non-hydrogen) atoms. The van der Waals surface area contributed by atoms with E-state index in [0.29, 0.717) is 11.3 Å². The highest BCUT2D eigenvalue weighted by Gasteiger charge is 2.15. The van der Waals surface area contributed by atoms with Crippen LogP contribution in [-0.4, -0.2) is 25.0 Å². The predicted octanol–water partition coefficient (Wildman–Crippen LogP) is 2.50. The number of anilines is 1. The van der Waals surface area contributed by atoms with Crippen LogP contribution in [0.25, 0.3) is 0 Å². The van der Waals surface area contributed by atoms with Crippen LogP contribution in [0.2, 0.25) is 0 Å². The van der Waals surface area contributed by atoms with Crippen molar-refractivity contribution in [1.29, 1.82) is 0 Å². The van der Waals surface area contributed by atoms with E-state index in [1.54, 1.807) is 31.3 Å². The summed E-state index contributed by atoms with van der Waals surface area (Å²) in [5.41, 5.74) is 1.26. The second kappa shape index (κ2) is 6.93. The van der Waals surface area contributed by atoms with Gasteiger partial charge in [-0.15, -0.1) is 0 Å². The topological polar surface area (TPSA) is 70.2 Å². The maximum Gasteiger partial charge on any atom is 0.319 e. The average Bonchev–Trinajstić information content (AvgIpc) is 2.48. The van der Waals surface area contributed by atoms with Crippen LogP contribution in [0.15, 0.2) is 24.3 Å². The Labute approximate surface area is 119 Å². The molecule has 0 atom stereocenters. The molecule has 0 unspecified atom stereocenters. The van der Waals surface area contributed by atoms with E-state index in [2.05, 4.69) is 16.0 Å². The van der Waals surface area contributed by atoms with Crippen LogP contribution in [0.5, 0.6) is 0 Å². The molecule has 0 spiro atoms. The normalized spacial score (nSPS) is 15.4. The molecule has 108 valence electrons. The number of amides is 3. The second-order valence-corrected chi connectivity index (χ2v) is 5.09. The minimum atomic E-state index is -0.176. The van der Waals surface area contributed by atoms with E-state index in [9.17, 15) is 9.59 Å². The third-order valence-corrected chi connectivity index (χ3v) is 3.57. The SMILES string of the molecule is CNC(=O)c1ccc(NC(=O)NC2CCCCC2)cc1. The smallest absolute Gasteiger partial charge is 0.319 e. The lowest BCUT2D eigenvalue weighted by Gasteiger charge is -2.22. The van der Waals surface area contributed by atoms with E-state index >= 15 is 0 Å². The Morgan fingerprint density at radius 3 is 2.30 bits per heavy atom. The summed E-state index contributed by atoms with van der Waals surface area (Å²) in [6, 6.07) is 6.94. The Hall–Kier alpha value is -2.04. The highest BCUT2D eigenvalue weighted by molar-refractivity contribution is 5.95. The first-order valence-corrected chi connectivity index (χ1v) is 7.08. The van der Waals surface area contributed by atoms with Gasteiger partial charge in [0.15, 0.2) is 0 Å². The van der Waals surface area contributed by atoms with Gasteiger partial charge in [0.05, 0.1) is 0 Å². The Kier molecular flexibility index (Phi) is 4.98. The van der Waals surface area contributed by atoms with Gasteiger partial charge in [0.1, 0.15) is 0 Å². The maximum absolute atomic E-state index is 11.9. The van der Waals surface area contributed by atoms with Gasteiger partial charge >= 0.3 is 6.03 Å². The molecule has 1 aromatic rings. The number of hydrogen-bond donors (Lipinski definition) is 3. The molecule has 5 heteroatoms. The quantitative estimate of drug-likeness (QED) is 0.793. The van der Waals surface area contributed by atoms with E-state index < -0.39 is 0 Å². The molecule has 1 aliphatic carbocycles. The van der Waals surface area contributed by atoms with Gasteiger partial charge in [0, 0.05) is 24.3 Å². The number of rotatable bonds is 3. The van der Waals surface area contributed by atoms with E-state index in [1.165, 1.54) is 19.3 Å². The molecule has 3 amide bonds. The average molecular weight is 275 g/mol. The van der Waals surface area contributed by atoms with Crippen LogP contribution in [0.3, 0.4) is 0 Å². The summed E-state index contributed by atoms with van der Waals surface area (Å²) in [6.45, 7) is 0. The van der Waals surface area contributed by atoms with Gasteiger partial charge in [-0.25, -0.2) is 4.79 Å². The van der Waals surface area contributed by atoms with E-state index in [4.69, 9.17) is 0 Å². The Morgan fingerprint density at radius 1 is 1.05 bits per heavy atom. The van der Waals surface area contributed by atoms with E-state index in [-0.39, 0.29) is 18.0 Å². The molecule has 0 bridgehead atoms. The van der Waals surface area contributed by atoms with Crippen LogP contribution in [-0.2, 0) is 0 Å². The molecule has 2 rings (SSSR count). The zero-order valence-electron chi connectivity index (χ0n) is 11.7. The van der Waals surface area contributed by atoms with Gasteiger partial charge in [-0.2, -0.15) is 0 Å². The summed E-state index contributed by atoms with van der Waals surface area (Å²) in [5, 5.41) is 8.34. The Morgan fingerprint density at radius 2 is 1.70 bits per heavy atom. The lowest BCUT2D eigenvalue weighted by atomic mass is 9.96. The van der Waals surface area contributed by atoms with Gasteiger partial charge in [-0.05, 0) is 37.1 Å². The number of carbonyl (C=O) groups excluding carboxylic acids is 2. The number of urea groups is 1. The fourth-order valence-electron chi connectivity index (χ4n) is 2.45. The number of carbonyl (C=O) groups is 2. The Bertz CT molecular complexity index is 465. The minimum absolute atomic E-state index is 0.136. The summed E-state index contributed by atoms with van der Waals surface area (Å²) < 4.78 is 0. The molecule has 0 saturated heterocycles. The van der Waals surface area contributed by atoms with Crippen molar-refractivity contribution in [2.24, 2.45) is 0 Å². The molecule has 1 aliphatic rings. The fourth-order valence-corrected chi connectivity index (χ4v) is 2.45. The summed E-state index contributed by atoms with van der Waals surface area (Å²) in [4.78, 5) is 23.3. The first kappa shape index (κ1) is 14.4. The van der Waals surface area contributed by atoms with Crippen LogP contribution in [0.1, 0.15) is 42.5 Å². The van der Waals surface area contributed by atoms with Crippen molar-refractivity contribution >= 4 is 17.6 Å². The predicted molar refractivity (Wildman–Crippen MR) is 78.9 cm³/mol. The number of benzene rings is 1. The van der Waals surface area contributed by atoms with Crippen molar-refractivity contribution < 1.29 is 9.59 Å². The van der Waals surface area contributed by atoms with Gasteiger partial charge in [-0.1, -0.05) is 19.3 Å². The minimum Gasteiger partial charge on any atom is -0.355 e. The molecule has 0 aliphatic heterocycles. The number of hydrogen-bond acceptors (Lipinski definition) is 2. The molecule has 1 aromatic carbocycles. The van der Waals surface area contributed by atoms with Crippen molar-refractivity contribution in [3.05, 3.63) is 29.8 Å². The molecule has 0 heterocycles. The summed E-state index contributed by atoms with van der Waals surface area (Å²) in [6.07, 6.45) is 5.75. The standard InChI is InChI=1S/C15H21N3O2/c1-16-14(19)11-7-9-13(10-8-11)18-15(20)17-12-5-3-2-4-6-12/h7-10,12H,2-6H2,1H3,(H,16,19)(H2,17,18,20). The third-order valence-electron chi connectivity index (χ3n) is 3.57. The fraction of sp³-hybridized carbons (Fsp3) is 0.467.